The number of benzene rings is 1. The van der Waals surface area contributed by atoms with Gasteiger partial charge in [0.2, 0.25) is 5.91 Å². The molecule has 1 aromatic carbocycles. The fourth-order valence-corrected chi connectivity index (χ4v) is 2.48. The summed E-state index contributed by atoms with van der Waals surface area (Å²) in [5.41, 5.74) is 3.71. The summed E-state index contributed by atoms with van der Waals surface area (Å²) in [5, 5.41) is 9.86. The highest BCUT2D eigenvalue weighted by molar-refractivity contribution is 5.96. The Morgan fingerprint density at radius 2 is 1.91 bits per heavy atom. The van der Waals surface area contributed by atoms with E-state index in [2.05, 4.69) is 15.5 Å². The third kappa shape index (κ3) is 3.77. The van der Waals surface area contributed by atoms with Crippen LogP contribution in [0.5, 0.6) is 0 Å². The molecule has 0 spiro atoms. The van der Waals surface area contributed by atoms with Crippen LogP contribution >= 0.6 is 0 Å². The molecule has 23 heavy (non-hydrogen) atoms. The van der Waals surface area contributed by atoms with E-state index >= 15 is 0 Å². The maximum atomic E-state index is 12.4. The van der Waals surface area contributed by atoms with Gasteiger partial charge in [-0.25, -0.2) is 4.79 Å². The molecule has 1 atom stereocenters. The summed E-state index contributed by atoms with van der Waals surface area (Å²) in [6.45, 7) is 7.70. The lowest BCUT2D eigenvalue weighted by molar-refractivity contribution is -0.117. The molecule has 0 radical (unpaired) electrons. The van der Waals surface area contributed by atoms with Crippen LogP contribution in [0, 0.1) is 13.8 Å². The minimum Gasteiger partial charge on any atom is -0.462 e. The summed E-state index contributed by atoms with van der Waals surface area (Å²) in [5.74, 6) is -0.816. The van der Waals surface area contributed by atoms with Gasteiger partial charge in [0.05, 0.1) is 23.8 Å². The molecule has 2 aromatic rings. The number of aromatic amines is 1. The van der Waals surface area contributed by atoms with Crippen molar-refractivity contribution in [1.82, 2.24) is 10.2 Å². The summed E-state index contributed by atoms with van der Waals surface area (Å²) in [6, 6.07) is 6.64. The third-order valence-corrected chi connectivity index (χ3v) is 3.67. The number of aromatic nitrogens is 2. The van der Waals surface area contributed by atoms with Gasteiger partial charge in [0.15, 0.2) is 0 Å². The van der Waals surface area contributed by atoms with Crippen LogP contribution in [0.4, 0.5) is 5.69 Å². The van der Waals surface area contributed by atoms with Crippen LogP contribution in [0.25, 0.3) is 0 Å². The molecule has 122 valence electrons. The van der Waals surface area contributed by atoms with E-state index < -0.39 is 0 Å². The fraction of sp³-hybridized carbons (Fsp3) is 0.353. The third-order valence-electron chi connectivity index (χ3n) is 3.67. The molecule has 0 saturated heterocycles. The van der Waals surface area contributed by atoms with Crippen LogP contribution < -0.4 is 5.32 Å². The summed E-state index contributed by atoms with van der Waals surface area (Å²) in [4.78, 5) is 24.0. The summed E-state index contributed by atoms with van der Waals surface area (Å²) < 4.78 is 4.93. The van der Waals surface area contributed by atoms with Crippen LogP contribution in [0.15, 0.2) is 24.3 Å². The quantitative estimate of drug-likeness (QED) is 0.831. The SMILES string of the molecule is CCOC(=O)c1ccc(NC(=O)[C@@H](C)c2c(C)n[nH]c2C)cc1. The fourth-order valence-electron chi connectivity index (χ4n) is 2.48. The van der Waals surface area contributed by atoms with E-state index in [0.29, 0.717) is 17.9 Å². The van der Waals surface area contributed by atoms with Gasteiger partial charge in [0.1, 0.15) is 0 Å². The van der Waals surface area contributed by atoms with E-state index in [9.17, 15) is 9.59 Å². The Labute approximate surface area is 135 Å². The monoisotopic (exact) mass is 315 g/mol. The number of carbonyl (C=O) groups excluding carboxylic acids is 2. The molecule has 1 amide bonds. The maximum Gasteiger partial charge on any atom is 0.338 e. The number of carbonyl (C=O) groups is 2. The van der Waals surface area contributed by atoms with Gasteiger partial charge in [0, 0.05) is 16.9 Å². The molecule has 1 aromatic heterocycles. The molecule has 1 heterocycles. The van der Waals surface area contributed by atoms with E-state index in [1.54, 1.807) is 31.2 Å². The standard InChI is InChI=1S/C17H21N3O3/c1-5-23-17(22)13-6-8-14(9-7-13)18-16(21)10(2)15-11(3)19-20-12(15)4/h6-10H,5H2,1-4H3,(H,18,21)(H,19,20)/t10-/m0/s1. The number of rotatable bonds is 5. The van der Waals surface area contributed by atoms with Crippen molar-refractivity contribution in [2.45, 2.75) is 33.6 Å². The normalized spacial score (nSPS) is 11.8. The largest absolute Gasteiger partial charge is 0.462 e. The van der Waals surface area contributed by atoms with Gasteiger partial charge < -0.3 is 10.1 Å². The first kappa shape index (κ1) is 16.7. The molecule has 6 heteroatoms. The molecule has 0 aliphatic carbocycles. The van der Waals surface area contributed by atoms with Crippen molar-refractivity contribution in [3.63, 3.8) is 0 Å². The van der Waals surface area contributed by atoms with Gasteiger partial charge in [-0.2, -0.15) is 5.10 Å². The number of nitrogens with one attached hydrogen (secondary N) is 2. The topological polar surface area (TPSA) is 84.1 Å². The van der Waals surface area contributed by atoms with Crippen molar-refractivity contribution >= 4 is 17.6 Å². The molecule has 0 aliphatic heterocycles. The highest BCUT2D eigenvalue weighted by Crippen LogP contribution is 2.23. The van der Waals surface area contributed by atoms with E-state index in [4.69, 9.17) is 4.74 Å². The number of anilines is 1. The second kappa shape index (κ2) is 7.09. The van der Waals surface area contributed by atoms with E-state index in [-0.39, 0.29) is 17.8 Å². The second-order valence-corrected chi connectivity index (χ2v) is 5.36. The summed E-state index contributed by atoms with van der Waals surface area (Å²) >= 11 is 0. The smallest absolute Gasteiger partial charge is 0.338 e. The van der Waals surface area contributed by atoms with Crippen LogP contribution in [0.2, 0.25) is 0 Å². The second-order valence-electron chi connectivity index (χ2n) is 5.36. The molecule has 0 bridgehead atoms. The zero-order valence-electron chi connectivity index (χ0n) is 13.8. The first-order chi connectivity index (χ1) is 10.9. The maximum absolute atomic E-state index is 12.4. The Balaban J connectivity index is 2.07. The highest BCUT2D eigenvalue weighted by atomic mass is 16.5. The summed E-state index contributed by atoms with van der Waals surface area (Å²) in [6.07, 6.45) is 0. The average Bonchev–Trinajstić information content (AvgIpc) is 2.86. The Morgan fingerprint density at radius 3 is 2.43 bits per heavy atom. The van der Waals surface area contributed by atoms with Crippen molar-refractivity contribution in [1.29, 1.82) is 0 Å². The van der Waals surface area contributed by atoms with Crippen LogP contribution in [-0.4, -0.2) is 28.7 Å². The van der Waals surface area contributed by atoms with Crippen molar-refractivity contribution in [3.8, 4) is 0 Å². The molecule has 6 nitrogen and oxygen atoms in total. The Kier molecular flexibility index (Phi) is 5.16. The first-order valence-electron chi connectivity index (χ1n) is 7.53. The summed E-state index contributed by atoms with van der Waals surface area (Å²) in [7, 11) is 0. The molecule has 0 saturated carbocycles. The van der Waals surface area contributed by atoms with E-state index in [0.717, 1.165) is 17.0 Å². The van der Waals surface area contributed by atoms with Gasteiger partial charge in [-0.1, -0.05) is 0 Å². The van der Waals surface area contributed by atoms with Crippen molar-refractivity contribution in [3.05, 3.63) is 46.8 Å². The number of amides is 1. The number of ether oxygens (including phenoxy) is 1. The predicted octanol–water partition coefficient (Wildman–Crippen LogP) is 2.95. The molecule has 0 unspecified atom stereocenters. The van der Waals surface area contributed by atoms with Gasteiger partial charge >= 0.3 is 5.97 Å². The Bertz CT molecular complexity index is 685. The highest BCUT2D eigenvalue weighted by Gasteiger charge is 2.21. The van der Waals surface area contributed by atoms with Crippen molar-refractivity contribution in [2.24, 2.45) is 0 Å². The first-order valence-corrected chi connectivity index (χ1v) is 7.53. The molecule has 2 rings (SSSR count). The molecule has 2 N–H and O–H groups in total. The van der Waals surface area contributed by atoms with Gasteiger partial charge in [-0.3, -0.25) is 9.89 Å². The van der Waals surface area contributed by atoms with Crippen LogP contribution in [0.3, 0.4) is 0 Å². The van der Waals surface area contributed by atoms with Crippen molar-refractivity contribution < 1.29 is 14.3 Å². The van der Waals surface area contributed by atoms with Gasteiger partial charge in [-0.05, 0) is 52.0 Å². The molecular weight excluding hydrogens is 294 g/mol. The zero-order valence-corrected chi connectivity index (χ0v) is 13.8. The minimum atomic E-state index is -0.372. The van der Waals surface area contributed by atoms with Crippen LogP contribution in [-0.2, 0) is 9.53 Å². The predicted molar refractivity (Wildman–Crippen MR) is 87.5 cm³/mol. The number of hydrogen-bond acceptors (Lipinski definition) is 4. The molecule has 0 aliphatic rings. The average molecular weight is 315 g/mol. The number of esters is 1. The lowest BCUT2D eigenvalue weighted by atomic mass is 9.98. The minimum absolute atomic E-state index is 0.124. The number of H-pyrrole nitrogens is 1. The number of nitrogens with zero attached hydrogens (tertiary/aromatic N) is 1. The number of hydrogen-bond donors (Lipinski definition) is 2. The van der Waals surface area contributed by atoms with E-state index in [1.807, 2.05) is 20.8 Å². The Hall–Kier alpha value is -2.63. The zero-order chi connectivity index (χ0) is 17.0. The van der Waals surface area contributed by atoms with Crippen molar-refractivity contribution in [2.75, 3.05) is 11.9 Å². The number of aryl methyl sites for hydroxylation is 2. The van der Waals surface area contributed by atoms with Gasteiger partial charge in [-0.15, -0.1) is 0 Å². The Morgan fingerprint density at radius 1 is 1.26 bits per heavy atom. The molecule has 0 fully saturated rings. The molecular formula is C17H21N3O3. The van der Waals surface area contributed by atoms with Crippen LogP contribution in [0.1, 0.15) is 47.1 Å². The van der Waals surface area contributed by atoms with E-state index in [1.165, 1.54) is 0 Å². The van der Waals surface area contributed by atoms with Gasteiger partial charge in [0.25, 0.3) is 0 Å². The lowest BCUT2D eigenvalue weighted by Crippen LogP contribution is -2.19. The lowest BCUT2D eigenvalue weighted by Gasteiger charge is -2.13.